The molecule has 0 bridgehead atoms. The first-order valence-electron chi connectivity index (χ1n) is 10.2. The standard InChI is InChI=1S/C24H29NO7/c1-15(2)32-22(26)13-19(17-8-6-16(3)7-9-17)25-24(28)18-10-11-20(21(12-18)29-4)31-14-23(27)30-5/h6-12,15,19H,13-14H2,1-5H3,(H,25,28). The molecule has 0 aliphatic heterocycles. The van der Waals surface area contributed by atoms with E-state index in [-0.39, 0.29) is 24.9 Å². The van der Waals surface area contributed by atoms with Gasteiger partial charge in [0.05, 0.1) is 32.8 Å². The summed E-state index contributed by atoms with van der Waals surface area (Å²) in [5.41, 5.74) is 2.16. The highest BCUT2D eigenvalue weighted by molar-refractivity contribution is 5.95. The average Bonchev–Trinajstić information content (AvgIpc) is 2.76. The van der Waals surface area contributed by atoms with Gasteiger partial charge in [-0.2, -0.15) is 0 Å². The van der Waals surface area contributed by atoms with Crippen LogP contribution in [-0.4, -0.2) is 44.8 Å². The van der Waals surface area contributed by atoms with Gasteiger partial charge in [0.25, 0.3) is 5.91 Å². The average molecular weight is 443 g/mol. The highest BCUT2D eigenvalue weighted by Gasteiger charge is 2.22. The molecule has 8 heteroatoms. The summed E-state index contributed by atoms with van der Waals surface area (Å²) >= 11 is 0. The monoisotopic (exact) mass is 443 g/mol. The molecule has 0 saturated heterocycles. The first-order valence-corrected chi connectivity index (χ1v) is 10.2. The Balaban J connectivity index is 2.21. The quantitative estimate of drug-likeness (QED) is 0.562. The third-order valence-corrected chi connectivity index (χ3v) is 4.52. The Morgan fingerprint density at radius 2 is 1.62 bits per heavy atom. The number of benzene rings is 2. The second-order valence-electron chi connectivity index (χ2n) is 7.41. The largest absolute Gasteiger partial charge is 0.493 e. The van der Waals surface area contributed by atoms with E-state index >= 15 is 0 Å². The number of rotatable bonds is 10. The predicted octanol–water partition coefficient (Wildman–Crippen LogP) is 3.37. The van der Waals surface area contributed by atoms with E-state index in [4.69, 9.17) is 14.2 Å². The zero-order valence-corrected chi connectivity index (χ0v) is 19.0. The minimum atomic E-state index is -0.574. The molecular weight excluding hydrogens is 414 g/mol. The number of ether oxygens (including phenoxy) is 4. The molecule has 0 aliphatic carbocycles. The fourth-order valence-corrected chi connectivity index (χ4v) is 2.89. The predicted molar refractivity (Wildman–Crippen MR) is 118 cm³/mol. The lowest BCUT2D eigenvalue weighted by atomic mass is 10.0. The van der Waals surface area contributed by atoms with Crippen molar-refractivity contribution in [1.82, 2.24) is 5.32 Å². The van der Waals surface area contributed by atoms with E-state index in [1.165, 1.54) is 26.4 Å². The number of carbonyl (C=O) groups is 3. The Kier molecular flexibility index (Phi) is 9.07. The molecule has 32 heavy (non-hydrogen) atoms. The maximum Gasteiger partial charge on any atom is 0.343 e. The van der Waals surface area contributed by atoms with Gasteiger partial charge in [-0.15, -0.1) is 0 Å². The smallest absolute Gasteiger partial charge is 0.343 e. The van der Waals surface area contributed by atoms with E-state index < -0.39 is 23.9 Å². The van der Waals surface area contributed by atoms with Gasteiger partial charge in [-0.3, -0.25) is 9.59 Å². The molecule has 1 N–H and O–H groups in total. The van der Waals surface area contributed by atoms with Crippen molar-refractivity contribution in [2.24, 2.45) is 0 Å². The number of hydrogen-bond acceptors (Lipinski definition) is 7. The van der Waals surface area contributed by atoms with E-state index in [2.05, 4.69) is 10.1 Å². The molecule has 172 valence electrons. The highest BCUT2D eigenvalue weighted by atomic mass is 16.6. The maximum absolute atomic E-state index is 13.0. The van der Waals surface area contributed by atoms with Crippen molar-refractivity contribution in [2.75, 3.05) is 20.8 Å². The van der Waals surface area contributed by atoms with Gasteiger partial charge in [-0.05, 0) is 44.5 Å². The fraction of sp³-hybridized carbons (Fsp3) is 0.375. The lowest BCUT2D eigenvalue weighted by molar-refractivity contribution is -0.148. The van der Waals surface area contributed by atoms with Gasteiger partial charge in [0.15, 0.2) is 18.1 Å². The number of aryl methyl sites for hydroxylation is 1. The van der Waals surface area contributed by atoms with Gasteiger partial charge in [-0.1, -0.05) is 29.8 Å². The molecule has 8 nitrogen and oxygen atoms in total. The topological polar surface area (TPSA) is 100 Å². The highest BCUT2D eigenvalue weighted by Crippen LogP contribution is 2.28. The van der Waals surface area contributed by atoms with Crippen molar-refractivity contribution in [1.29, 1.82) is 0 Å². The fourth-order valence-electron chi connectivity index (χ4n) is 2.89. The molecule has 0 aromatic heterocycles. The second kappa shape index (κ2) is 11.7. The maximum atomic E-state index is 13.0. The number of amides is 1. The number of methoxy groups -OCH3 is 2. The van der Waals surface area contributed by atoms with Crippen molar-refractivity contribution in [2.45, 2.75) is 39.3 Å². The summed E-state index contributed by atoms with van der Waals surface area (Å²) in [6.45, 7) is 5.22. The van der Waals surface area contributed by atoms with Crippen LogP contribution in [-0.2, 0) is 19.1 Å². The molecule has 1 unspecified atom stereocenters. The van der Waals surface area contributed by atoms with E-state index in [9.17, 15) is 14.4 Å². The van der Waals surface area contributed by atoms with Crippen LogP contribution in [0.1, 0.15) is 47.8 Å². The lowest BCUT2D eigenvalue weighted by Gasteiger charge is -2.20. The Hall–Kier alpha value is -3.55. The van der Waals surface area contributed by atoms with Crippen LogP contribution in [0.25, 0.3) is 0 Å². The van der Waals surface area contributed by atoms with Gasteiger partial charge < -0.3 is 24.3 Å². The first kappa shape index (κ1) is 24.7. The molecule has 0 radical (unpaired) electrons. The normalized spacial score (nSPS) is 11.4. The third kappa shape index (κ3) is 7.30. The van der Waals surface area contributed by atoms with Crippen molar-refractivity contribution in [3.8, 4) is 11.5 Å². The summed E-state index contributed by atoms with van der Waals surface area (Å²) in [6, 6.07) is 11.6. The molecule has 2 rings (SSSR count). The van der Waals surface area contributed by atoms with Gasteiger partial charge in [0, 0.05) is 5.56 Å². The van der Waals surface area contributed by atoms with Crippen LogP contribution in [0.3, 0.4) is 0 Å². The number of hydrogen-bond donors (Lipinski definition) is 1. The van der Waals surface area contributed by atoms with Crippen LogP contribution in [0.5, 0.6) is 11.5 Å². The summed E-state index contributed by atoms with van der Waals surface area (Å²) < 4.78 is 20.5. The summed E-state index contributed by atoms with van der Waals surface area (Å²) in [7, 11) is 2.69. The molecule has 0 heterocycles. The van der Waals surface area contributed by atoms with Crippen LogP contribution in [0.4, 0.5) is 0 Å². The Bertz CT molecular complexity index is 938. The molecule has 0 fully saturated rings. The SMILES string of the molecule is COC(=O)COc1ccc(C(=O)NC(CC(=O)OC(C)C)c2ccc(C)cc2)cc1OC. The Labute approximate surface area is 187 Å². The van der Waals surface area contributed by atoms with Gasteiger partial charge in [0.2, 0.25) is 0 Å². The van der Waals surface area contributed by atoms with Crippen LogP contribution in [0.15, 0.2) is 42.5 Å². The Morgan fingerprint density at radius 1 is 0.938 bits per heavy atom. The van der Waals surface area contributed by atoms with Crippen molar-refractivity contribution in [3.63, 3.8) is 0 Å². The number of carbonyl (C=O) groups excluding carboxylic acids is 3. The summed E-state index contributed by atoms with van der Waals surface area (Å²) in [5, 5.41) is 2.89. The summed E-state index contributed by atoms with van der Waals surface area (Å²) in [5.74, 6) is -0.762. The van der Waals surface area contributed by atoms with Crippen LogP contribution >= 0.6 is 0 Å². The number of nitrogens with one attached hydrogen (secondary N) is 1. The van der Waals surface area contributed by atoms with Crippen molar-refractivity contribution in [3.05, 3.63) is 59.2 Å². The summed E-state index contributed by atoms with van der Waals surface area (Å²) in [4.78, 5) is 36.5. The van der Waals surface area contributed by atoms with Crippen LogP contribution in [0, 0.1) is 6.92 Å². The van der Waals surface area contributed by atoms with Crippen molar-refractivity contribution < 1.29 is 33.3 Å². The molecule has 1 atom stereocenters. The second-order valence-corrected chi connectivity index (χ2v) is 7.41. The summed E-state index contributed by atoms with van der Waals surface area (Å²) in [6.07, 6.45) is -0.261. The zero-order valence-electron chi connectivity index (χ0n) is 19.0. The van der Waals surface area contributed by atoms with E-state index in [0.29, 0.717) is 11.3 Å². The van der Waals surface area contributed by atoms with Gasteiger partial charge in [0.1, 0.15) is 0 Å². The molecule has 1 amide bonds. The van der Waals surface area contributed by atoms with Gasteiger partial charge >= 0.3 is 11.9 Å². The minimum absolute atomic E-state index is 0.00948. The van der Waals surface area contributed by atoms with Gasteiger partial charge in [-0.25, -0.2) is 4.79 Å². The first-order chi connectivity index (χ1) is 15.2. The van der Waals surface area contributed by atoms with E-state index in [1.54, 1.807) is 19.9 Å². The molecule has 2 aromatic carbocycles. The molecule has 2 aromatic rings. The third-order valence-electron chi connectivity index (χ3n) is 4.52. The van der Waals surface area contributed by atoms with Crippen LogP contribution < -0.4 is 14.8 Å². The van der Waals surface area contributed by atoms with Crippen LogP contribution in [0.2, 0.25) is 0 Å². The molecule has 0 spiro atoms. The lowest BCUT2D eigenvalue weighted by Crippen LogP contribution is -2.31. The molecule has 0 aliphatic rings. The van der Waals surface area contributed by atoms with E-state index in [1.807, 2.05) is 31.2 Å². The van der Waals surface area contributed by atoms with E-state index in [0.717, 1.165) is 11.1 Å². The minimum Gasteiger partial charge on any atom is -0.493 e. The molecule has 0 saturated carbocycles. The molecular formula is C24H29NO7. The number of esters is 2. The Morgan fingerprint density at radius 3 is 2.22 bits per heavy atom. The zero-order chi connectivity index (χ0) is 23.7. The van der Waals surface area contributed by atoms with Crippen molar-refractivity contribution >= 4 is 17.8 Å².